The van der Waals surface area contributed by atoms with Gasteiger partial charge in [0.2, 0.25) is 15.9 Å². The predicted molar refractivity (Wildman–Crippen MR) is 110 cm³/mol. The molecule has 1 fully saturated rings. The first-order valence-electron chi connectivity index (χ1n) is 9.40. The Labute approximate surface area is 171 Å². The van der Waals surface area contributed by atoms with Crippen LogP contribution in [0.5, 0.6) is 0 Å². The Hall–Kier alpha value is -1.23. The van der Waals surface area contributed by atoms with Crippen molar-refractivity contribution < 1.29 is 17.9 Å². The number of morpholine rings is 1. The van der Waals surface area contributed by atoms with Crippen LogP contribution in [0.15, 0.2) is 5.16 Å². The highest BCUT2D eigenvalue weighted by Crippen LogP contribution is 2.17. The van der Waals surface area contributed by atoms with Crippen LogP contribution in [0, 0.1) is 13.8 Å². The van der Waals surface area contributed by atoms with E-state index in [0.29, 0.717) is 19.5 Å². The van der Waals surface area contributed by atoms with Gasteiger partial charge in [-0.15, -0.1) is 0 Å². The summed E-state index contributed by atoms with van der Waals surface area (Å²) < 4.78 is 32.0. The third-order valence-electron chi connectivity index (χ3n) is 4.65. The van der Waals surface area contributed by atoms with Gasteiger partial charge in [0, 0.05) is 37.4 Å². The summed E-state index contributed by atoms with van der Waals surface area (Å²) in [5.74, 6) is -0.284. The Bertz CT molecular complexity index is 768. The average Bonchev–Trinajstić information content (AvgIpc) is 2.59. The van der Waals surface area contributed by atoms with E-state index < -0.39 is 10.0 Å². The number of hydrogen-bond acceptors (Lipinski definition) is 7. The molecule has 2 heterocycles. The van der Waals surface area contributed by atoms with Crippen LogP contribution in [0.2, 0.25) is 0 Å². The van der Waals surface area contributed by atoms with Crippen molar-refractivity contribution in [1.29, 1.82) is 0 Å². The van der Waals surface area contributed by atoms with Crippen LogP contribution in [-0.2, 0) is 26.0 Å². The van der Waals surface area contributed by atoms with E-state index in [1.165, 1.54) is 16.1 Å². The van der Waals surface area contributed by atoms with Crippen molar-refractivity contribution in [3.8, 4) is 0 Å². The molecule has 8 nitrogen and oxygen atoms in total. The molecule has 1 aliphatic rings. The maximum absolute atomic E-state index is 12.5. The minimum absolute atomic E-state index is 0.0984. The number of aromatic nitrogens is 2. The summed E-state index contributed by atoms with van der Waals surface area (Å²) in [5.41, 5.74) is 2.72. The zero-order valence-electron chi connectivity index (χ0n) is 17.2. The molecule has 1 aliphatic heterocycles. The summed E-state index contributed by atoms with van der Waals surface area (Å²) in [6.07, 6.45) is 2.48. The van der Waals surface area contributed by atoms with E-state index in [0.717, 1.165) is 22.1 Å². The Balaban J connectivity index is 1.81. The fourth-order valence-electron chi connectivity index (χ4n) is 3.30. The smallest absolute Gasteiger partial charge is 0.220 e. The molecule has 0 saturated carbocycles. The predicted octanol–water partition coefficient (Wildman–Crippen LogP) is 1.30. The molecule has 0 aromatic carbocycles. The van der Waals surface area contributed by atoms with Crippen molar-refractivity contribution >= 4 is 27.7 Å². The van der Waals surface area contributed by atoms with Crippen molar-refractivity contribution in [2.45, 2.75) is 57.9 Å². The van der Waals surface area contributed by atoms with E-state index in [1.54, 1.807) is 0 Å². The molecule has 0 spiro atoms. The maximum Gasteiger partial charge on any atom is 0.220 e. The fraction of sp³-hybridized carbons (Fsp3) is 0.722. The fourth-order valence-corrected chi connectivity index (χ4v) is 5.24. The molecule has 0 radical (unpaired) electrons. The van der Waals surface area contributed by atoms with E-state index in [2.05, 4.69) is 15.3 Å². The molecule has 1 N–H and O–H groups in total. The number of carbonyl (C=O) groups excluding carboxylic acids is 1. The van der Waals surface area contributed by atoms with Gasteiger partial charge in [0.15, 0.2) is 5.16 Å². The van der Waals surface area contributed by atoms with Crippen LogP contribution in [0.3, 0.4) is 0 Å². The van der Waals surface area contributed by atoms with Crippen molar-refractivity contribution in [1.82, 2.24) is 19.6 Å². The first-order valence-corrected chi connectivity index (χ1v) is 12.2. The van der Waals surface area contributed by atoms with E-state index >= 15 is 0 Å². The van der Waals surface area contributed by atoms with Gasteiger partial charge in [0.1, 0.15) is 0 Å². The summed E-state index contributed by atoms with van der Waals surface area (Å²) >= 11 is 1.49. The summed E-state index contributed by atoms with van der Waals surface area (Å²) in [6, 6.07) is 0. The lowest BCUT2D eigenvalue weighted by Gasteiger charge is -2.34. The second-order valence-corrected chi connectivity index (χ2v) is 9.96. The molecule has 0 unspecified atom stereocenters. The van der Waals surface area contributed by atoms with Crippen molar-refractivity contribution in [2.75, 3.05) is 31.6 Å². The number of carbonyl (C=O) groups is 1. The molecular formula is C18H30N4O4S2. The van der Waals surface area contributed by atoms with Gasteiger partial charge in [0.05, 0.1) is 18.0 Å². The molecule has 10 heteroatoms. The maximum atomic E-state index is 12.5. The normalized spacial score (nSPS) is 20.9. The number of hydrogen-bond donors (Lipinski definition) is 1. The van der Waals surface area contributed by atoms with E-state index in [-0.39, 0.29) is 36.8 Å². The molecule has 1 amide bonds. The molecule has 1 aromatic heterocycles. The van der Waals surface area contributed by atoms with Gasteiger partial charge in [-0.05, 0) is 45.9 Å². The van der Waals surface area contributed by atoms with Gasteiger partial charge in [-0.2, -0.15) is 4.31 Å². The minimum Gasteiger partial charge on any atom is -0.373 e. The Morgan fingerprint density at radius 2 is 1.79 bits per heavy atom. The Morgan fingerprint density at radius 1 is 1.21 bits per heavy atom. The average molecular weight is 431 g/mol. The lowest BCUT2D eigenvalue weighted by molar-refractivity contribution is -0.120. The molecule has 0 bridgehead atoms. The highest BCUT2D eigenvalue weighted by molar-refractivity contribution is 7.98. The zero-order valence-corrected chi connectivity index (χ0v) is 18.8. The minimum atomic E-state index is -3.42. The summed E-state index contributed by atoms with van der Waals surface area (Å²) in [5, 5.41) is 3.43. The molecular weight excluding hydrogens is 400 g/mol. The monoisotopic (exact) mass is 430 g/mol. The number of amides is 1. The van der Waals surface area contributed by atoms with Crippen molar-refractivity contribution in [3.05, 3.63) is 17.0 Å². The van der Waals surface area contributed by atoms with Gasteiger partial charge >= 0.3 is 0 Å². The third-order valence-corrected chi connectivity index (χ3v) is 7.00. The van der Waals surface area contributed by atoms with Crippen molar-refractivity contribution in [3.63, 3.8) is 0 Å². The summed E-state index contributed by atoms with van der Waals surface area (Å²) in [4.78, 5) is 21.0. The Morgan fingerprint density at radius 3 is 2.32 bits per heavy atom. The number of nitrogens with zero attached hydrogens (tertiary/aromatic N) is 3. The van der Waals surface area contributed by atoms with Gasteiger partial charge in [-0.1, -0.05) is 11.8 Å². The number of rotatable bonds is 8. The van der Waals surface area contributed by atoms with E-state index in [9.17, 15) is 13.2 Å². The molecule has 2 atom stereocenters. The van der Waals surface area contributed by atoms with E-state index in [1.807, 2.05) is 34.0 Å². The molecule has 1 saturated heterocycles. The number of aryl methyl sites for hydroxylation is 2. The first-order chi connectivity index (χ1) is 13.1. The van der Waals surface area contributed by atoms with Crippen LogP contribution < -0.4 is 5.32 Å². The SMILES string of the molecule is CSc1nc(C)c(CCC(=O)NCCS(=O)(=O)N2C[C@@H](C)O[C@H](C)C2)c(C)n1. The molecule has 2 rings (SSSR count). The molecule has 1 aromatic rings. The van der Waals surface area contributed by atoms with Gasteiger partial charge in [0.25, 0.3) is 0 Å². The standard InChI is InChI=1S/C18H30N4O4S2/c1-12-10-22(11-13(2)26-12)28(24,25)9-8-19-17(23)7-6-16-14(3)20-18(27-5)21-15(16)4/h12-13H,6-11H2,1-5H3,(H,19,23)/t12-,13-/m1/s1. The van der Waals surface area contributed by atoms with Crippen LogP contribution in [-0.4, -0.2) is 72.4 Å². The highest BCUT2D eigenvalue weighted by atomic mass is 32.2. The van der Waals surface area contributed by atoms with Crippen molar-refractivity contribution in [2.24, 2.45) is 0 Å². The second-order valence-electron chi connectivity index (χ2n) is 7.10. The van der Waals surface area contributed by atoms with Gasteiger partial charge < -0.3 is 10.1 Å². The molecule has 158 valence electrons. The molecule has 28 heavy (non-hydrogen) atoms. The number of ether oxygens (including phenoxy) is 1. The topological polar surface area (TPSA) is 101 Å². The second kappa shape index (κ2) is 10.00. The Kier molecular flexibility index (Phi) is 8.23. The van der Waals surface area contributed by atoms with Crippen LogP contribution in [0.25, 0.3) is 0 Å². The lowest BCUT2D eigenvalue weighted by atomic mass is 10.1. The zero-order chi connectivity index (χ0) is 20.9. The number of nitrogens with one attached hydrogen (secondary N) is 1. The van der Waals surface area contributed by atoms with Crippen LogP contribution in [0.1, 0.15) is 37.2 Å². The van der Waals surface area contributed by atoms with Crippen LogP contribution in [0.4, 0.5) is 0 Å². The number of sulfonamides is 1. The summed E-state index contributed by atoms with van der Waals surface area (Å²) in [7, 11) is -3.42. The number of thioether (sulfide) groups is 1. The largest absolute Gasteiger partial charge is 0.373 e. The third kappa shape index (κ3) is 6.40. The lowest BCUT2D eigenvalue weighted by Crippen LogP contribution is -2.49. The summed E-state index contributed by atoms with van der Waals surface area (Å²) in [6.45, 7) is 8.35. The van der Waals surface area contributed by atoms with Crippen LogP contribution >= 0.6 is 11.8 Å². The van der Waals surface area contributed by atoms with Gasteiger partial charge in [-0.3, -0.25) is 4.79 Å². The van der Waals surface area contributed by atoms with Gasteiger partial charge in [-0.25, -0.2) is 18.4 Å². The molecule has 0 aliphatic carbocycles. The first kappa shape index (κ1) is 23.1. The quantitative estimate of drug-likeness (QED) is 0.490. The van der Waals surface area contributed by atoms with E-state index in [4.69, 9.17) is 4.74 Å². The highest BCUT2D eigenvalue weighted by Gasteiger charge is 2.30.